The van der Waals surface area contributed by atoms with E-state index in [0.29, 0.717) is 5.56 Å². The average Bonchev–Trinajstić information content (AvgIpc) is 3.12. The van der Waals surface area contributed by atoms with E-state index < -0.39 is 0 Å². The molecule has 26 heavy (non-hydrogen) atoms. The number of fused-ring (bicyclic) bond motifs is 1. The fraction of sp³-hybridized carbons (Fsp3) is 0.368. The molecule has 0 bridgehead atoms. The molecule has 0 spiro atoms. The van der Waals surface area contributed by atoms with Crippen molar-refractivity contribution >= 4 is 17.0 Å². The number of hydrogen-bond acceptors (Lipinski definition) is 6. The number of aryl methyl sites for hydroxylation is 1. The number of nitrogens with zero attached hydrogens (tertiary/aromatic N) is 7. The van der Waals surface area contributed by atoms with Crippen LogP contribution in [-0.2, 0) is 13.1 Å². The zero-order chi connectivity index (χ0) is 17.9. The van der Waals surface area contributed by atoms with E-state index in [1.165, 1.54) is 5.56 Å². The maximum Gasteiger partial charge on any atom is 0.165 e. The highest BCUT2D eigenvalue weighted by Gasteiger charge is 2.21. The van der Waals surface area contributed by atoms with Crippen LogP contribution >= 0.6 is 0 Å². The summed E-state index contributed by atoms with van der Waals surface area (Å²) >= 11 is 0. The molecular weight excluding hydrogens is 326 g/mol. The third kappa shape index (κ3) is 3.11. The highest BCUT2D eigenvalue weighted by molar-refractivity contribution is 5.83. The van der Waals surface area contributed by atoms with Gasteiger partial charge in [0, 0.05) is 39.3 Å². The first-order chi connectivity index (χ1) is 12.8. The third-order valence-corrected chi connectivity index (χ3v) is 4.88. The van der Waals surface area contributed by atoms with Crippen molar-refractivity contribution in [1.82, 2.24) is 24.4 Å². The van der Waals surface area contributed by atoms with Gasteiger partial charge in [0.2, 0.25) is 0 Å². The zero-order valence-electron chi connectivity index (χ0n) is 14.8. The number of hydrogen-bond donors (Lipinski definition) is 0. The molecule has 1 fully saturated rings. The number of imidazole rings is 1. The van der Waals surface area contributed by atoms with Gasteiger partial charge in [0.05, 0.1) is 18.0 Å². The molecular formula is C19H21N7. The predicted molar refractivity (Wildman–Crippen MR) is 99.6 cm³/mol. The van der Waals surface area contributed by atoms with Crippen LogP contribution < -0.4 is 4.90 Å². The van der Waals surface area contributed by atoms with Gasteiger partial charge in [-0.2, -0.15) is 5.26 Å². The van der Waals surface area contributed by atoms with Crippen molar-refractivity contribution in [3.8, 4) is 6.07 Å². The van der Waals surface area contributed by atoms with E-state index in [1.807, 2.05) is 35.2 Å². The molecule has 0 saturated carbocycles. The highest BCUT2D eigenvalue weighted by atomic mass is 15.3. The molecule has 0 aliphatic carbocycles. The molecule has 1 aliphatic heterocycles. The van der Waals surface area contributed by atoms with E-state index in [-0.39, 0.29) is 0 Å². The largest absolute Gasteiger partial charge is 0.352 e. The second-order valence-electron chi connectivity index (χ2n) is 6.47. The summed E-state index contributed by atoms with van der Waals surface area (Å²) in [6.45, 7) is 7.63. The lowest BCUT2D eigenvalue weighted by Gasteiger charge is -2.35. The Morgan fingerprint density at radius 3 is 2.50 bits per heavy atom. The first-order valence-electron chi connectivity index (χ1n) is 8.90. The molecule has 7 nitrogen and oxygen atoms in total. The van der Waals surface area contributed by atoms with Gasteiger partial charge in [0.15, 0.2) is 17.0 Å². The Kier molecular flexibility index (Phi) is 4.50. The summed E-state index contributed by atoms with van der Waals surface area (Å²) in [6.07, 6.45) is 3.47. The molecule has 3 heterocycles. The van der Waals surface area contributed by atoms with Crippen molar-refractivity contribution in [2.45, 2.75) is 20.0 Å². The molecule has 0 unspecified atom stereocenters. The molecule has 0 radical (unpaired) electrons. The standard InChI is InChI=1S/C19H21N7/c1-2-25-14-23-17-18(25)21-13-22-19(17)26-9-7-24(8-10-26)12-16-5-3-15(11-20)4-6-16/h3-6,13-14H,2,7-10,12H2,1H3. The number of rotatable bonds is 4. The third-order valence-electron chi connectivity index (χ3n) is 4.88. The van der Waals surface area contributed by atoms with E-state index in [0.717, 1.165) is 56.3 Å². The number of anilines is 1. The quantitative estimate of drug-likeness (QED) is 0.719. The van der Waals surface area contributed by atoms with Crippen molar-refractivity contribution in [3.63, 3.8) is 0 Å². The van der Waals surface area contributed by atoms with Gasteiger partial charge in [-0.15, -0.1) is 0 Å². The second kappa shape index (κ2) is 7.10. The summed E-state index contributed by atoms with van der Waals surface area (Å²) < 4.78 is 2.04. The molecule has 132 valence electrons. The fourth-order valence-corrected chi connectivity index (χ4v) is 3.39. The summed E-state index contributed by atoms with van der Waals surface area (Å²) in [6, 6.07) is 10.0. The average molecular weight is 347 g/mol. The predicted octanol–water partition coefficient (Wildman–Crippen LogP) is 2.04. The Labute approximate surface area is 152 Å². The van der Waals surface area contributed by atoms with Gasteiger partial charge in [-0.3, -0.25) is 4.90 Å². The van der Waals surface area contributed by atoms with E-state index in [2.05, 4.69) is 37.7 Å². The van der Waals surface area contributed by atoms with Crippen LogP contribution in [0.2, 0.25) is 0 Å². The second-order valence-corrected chi connectivity index (χ2v) is 6.47. The molecule has 1 aliphatic rings. The minimum absolute atomic E-state index is 0.706. The van der Waals surface area contributed by atoms with Crippen molar-refractivity contribution in [2.24, 2.45) is 0 Å². The molecule has 0 atom stereocenters. The van der Waals surface area contributed by atoms with Crippen molar-refractivity contribution in [2.75, 3.05) is 31.1 Å². The van der Waals surface area contributed by atoms with Crippen molar-refractivity contribution in [1.29, 1.82) is 5.26 Å². The van der Waals surface area contributed by atoms with Gasteiger partial charge < -0.3 is 9.47 Å². The van der Waals surface area contributed by atoms with Gasteiger partial charge in [-0.1, -0.05) is 12.1 Å². The lowest BCUT2D eigenvalue weighted by Crippen LogP contribution is -2.46. The topological polar surface area (TPSA) is 73.9 Å². The van der Waals surface area contributed by atoms with Crippen molar-refractivity contribution < 1.29 is 0 Å². The van der Waals surface area contributed by atoms with Crippen LogP contribution in [-0.4, -0.2) is 50.6 Å². The van der Waals surface area contributed by atoms with Gasteiger partial charge in [-0.25, -0.2) is 15.0 Å². The maximum absolute atomic E-state index is 8.90. The van der Waals surface area contributed by atoms with E-state index in [1.54, 1.807) is 6.33 Å². The van der Waals surface area contributed by atoms with Crippen LogP contribution in [0.5, 0.6) is 0 Å². The summed E-state index contributed by atoms with van der Waals surface area (Å²) in [4.78, 5) is 18.1. The Morgan fingerprint density at radius 2 is 1.81 bits per heavy atom. The summed E-state index contributed by atoms with van der Waals surface area (Å²) in [7, 11) is 0. The lowest BCUT2D eigenvalue weighted by molar-refractivity contribution is 0.249. The summed E-state index contributed by atoms with van der Waals surface area (Å²) in [5.74, 6) is 0.931. The van der Waals surface area contributed by atoms with Crippen LogP contribution in [0.25, 0.3) is 11.2 Å². The van der Waals surface area contributed by atoms with Crippen LogP contribution in [0, 0.1) is 11.3 Å². The molecule has 0 N–H and O–H groups in total. The lowest BCUT2D eigenvalue weighted by atomic mass is 10.1. The minimum atomic E-state index is 0.706. The molecule has 7 heteroatoms. The number of nitriles is 1. The maximum atomic E-state index is 8.90. The van der Waals surface area contributed by atoms with Crippen molar-refractivity contribution in [3.05, 3.63) is 48.0 Å². The van der Waals surface area contributed by atoms with Crippen LogP contribution in [0.1, 0.15) is 18.1 Å². The Morgan fingerprint density at radius 1 is 1.04 bits per heavy atom. The van der Waals surface area contributed by atoms with E-state index in [9.17, 15) is 0 Å². The molecule has 3 aromatic rings. The van der Waals surface area contributed by atoms with Gasteiger partial charge >= 0.3 is 0 Å². The number of piperazine rings is 1. The molecule has 1 saturated heterocycles. The molecule has 2 aromatic heterocycles. The fourth-order valence-electron chi connectivity index (χ4n) is 3.39. The van der Waals surface area contributed by atoms with Crippen LogP contribution in [0.4, 0.5) is 5.82 Å². The van der Waals surface area contributed by atoms with E-state index in [4.69, 9.17) is 5.26 Å². The Balaban J connectivity index is 1.43. The van der Waals surface area contributed by atoms with Gasteiger partial charge in [0.1, 0.15) is 6.33 Å². The van der Waals surface area contributed by atoms with Gasteiger partial charge in [0.25, 0.3) is 0 Å². The van der Waals surface area contributed by atoms with Crippen LogP contribution in [0.15, 0.2) is 36.9 Å². The Hall–Kier alpha value is -2.98. The Bertz CT molecular complexity index is 931. The molecule has 1 aromatic carbocycles. The minimum Gasteiger partial charge on any atom is -0.352 e. The first kappa shape index (κ1) is 16.5. The molecule has 0 amide bonds. The SMILES string of the molecule is CCn1cnc2c(N3CCN(Cc4ccc(C#N)cc4)CC3)ncnc21. The number of benzene rings is 1. The zero-order valence-corrected chi connectivity index (χ0v) is 14.8. The van der Waals surface area contributed by atoms with Gasteiger partial charge in [-0.05, 0) is 24.6 Å². The summed E-state index contributed by atoms with van der Waals surface area (Å²) in [5.41, 5.74) is 3.73. The first-order valence-corrected chi connectivity index (χ1v) is 8.90. The monoisotopic (exact) mass is 347 g/mol. The number of aromatic nitrogens is 4. The smallest absolute Gasteiger partial charge is 0.165 e. The summed E-state index contributed by atoms with van der Waals surface area (Å²) in [5, 5.41) is 8.90. The highest BCUT2D eigenvalue weighted by Crippen LogP contribution is 2.23. The molecule has 4 rings (SSSR count). The van der Waals surface area contributed by atoms with Crippen LogP contribution in [0.3, 0.4) is 0 Å². The van der Waals surface area contributed by atoms with E-state index >= 15 is 0 Å². The normalized spacial score (nSPS) is 15.3.